The molecule has 2 rings (SSSR count). The maximum Gasteiger partial charge on any atom is 0.326 e. The monoisotopic (exact) mass is 574 g/mol. The van der Waals surface area contributed by atoms with Crippen LogP contribution in [0.15, 0.2) is 40.3 Å². The molecule has 1 aliphatic rings. The summed E-state index contributed by atoms with van der Waals surface area (Å²) in [6.07, 6.45) is 2.15. The molecule has 4 atom stereocenters. The third kappa shape index (κ3) is 11.3. The van der Waals surface area contributed by atoms with Crippen LogP contribution in [0.2, 0.25) is 0 Å². The summed E-state index contributed by atoms with van der Waals surface area (Å²) in [6, 6.07) is 5.36. The van der Waals surface area contributed by atoms with Gasteiger partial charge in [-0.25, -0.2) is 4.79 Å². The lowest BCUT2D eigenvalue weighted by atomic mass is 10.0. The summed E-state index contributed by atoms with van der Waals surface area (Å²) in [6.45, 7) is 0.751. The highest BCUT2D eigenvalue weighted by molar-refractivity contribution is 5.94. The number of nitrogens with zero attached hydrogens (tertiary/aromatic N) is 3. The molecule has 41 heavy (non-hydrogen) atoms. The van der Waals surface area contributed by atoms with Crippen LogP contribution in [-0.4, -0.2) is 89.4 Å². The molecule has 15 heteroatoms. The fourth-order valence-corrected chi connectivity index (χ4v) is 4.54. The maximum atomic E-state index is 13.3. The average molecular weight is 575 g/mol. The first-order valence-electron chi connectivity index (χ1n) is 13.5. The molecule has 3 amide bonds. The number of carboxylic acid groups (broad SMARTS) is 1. The molecule has 1 fully saturated rings. The van der Waals surface area contributed by atoms with Crippen molar-refractivity contribution >= 4 is 35.6 Å². The van der Waals surface area contributed by atoms with Crippen LogP contribution in [0.4, 0.5) is 0 Å². The van der Waals surface area contributed by atoms with Gasteiger partial charge < -0.3 is 49.3 Å². The van der Waals surface area contributed by atoms with Crippen LogP contribution in [0, 0.1) is 0 Å². The number of hydrogen-bond donors (Lipinski definition) is 8. The fraction of sp³-hybridized carbons (Fsp3) is 0.538. The standard InChI is InChI=1S/C26H42N10O5/c27-17(15-16-7-2-1-3-8-16)23(39)36-14-6-11-20(36)22(38)34-18(9-4-12-32-25(28)29)21(37)35-19(24(40)41)10-5-13-33-26(30)31/h1-3,7-8,17-20H,4-6,9-15,27H2,(H,34,38)(H,35,37)(H,40,41)(H4,28,29,32)(H4,30,31,33). The molecule has 0 aliphatic carbocycles. The SMILES string of the molecule is NC(N)=NCCCC(NC(=O)C(CCCN=C(N)N)NC(=O)C1CCCN1C(=O)C(N)Cc1ccccc1)C(=O)O. The van der Waals surface area contributed by atoms with Gasteiger partial charge in [0.15, 0.2) is 11.9 Å². The first kappa shape index (κ1) is 32.8. The highest BCUT2D eigenvalue weighted by atomic mass is 16.4. The van der Waals surface area contributed by atoms with Gasteiger partial charge in [0.2, 0.25) is 17.7 Å². The number of benzene rings is 1. The number of likely N-dealkylation sites (tertiary alicyclic amines) is 1. The zero-order valence-corrected chi connectivity index (χ0v) is 23.1. The van der Waals surface area contributed by atoms with E-state index in [2.05, 4.69) is 20.6 Å². The van der Waals surface area contributed by atoms with E-state index in [1.165, 1.54) is 4.90 Å². The number of carbonyl (C=O) groups excluding carboxylic acids is 3. The first-order chi connectivity index (χ1) is 19.5. The van der Waals surface area contributed by atoms with Gasteiger partial charge in [0, 0.05) is 19.6 Å². The third-order valence-electron chi connectivity index (χ3n) is 6.59. The number of amides is 3. The van der Waals surface area contributed by atoms with Crippen molar-refractivity contribution in [3.05, 3.63) is 35.9 Å². The maximum absolute atomic E-state index is 13.3. The molecule has 226 valence electrons. The second kappa shape index (κ2) is 16.6. The Labute approximate surface area is 239 Å². The summed E-state index contributed by atoms with van der Waals surface area (Å²) >= 11 is 0. The van der Waals surface area contributed by atoms with Gasteiger partial charge in [0.05, 0.1) is 6.04 Å². The van der Waals surface area contributed by atoms with E-state index >= 15 is 0 Å². The van der Waals surface area contributed by atoms with E-state index in [-0.39, 0.29) is 43.8 Å². The predicted octanol–water partition coefficient (Wildman–Crippen LogP) is -2.29. The Kier molecular flexibility index (Phi) is 13.3. The van der Waals surface area contributed by atoms with Crippen LogP contribution >= 0.6 is 0 Å². The van der Waals surface area contributed by atoms with E-state index in [0.717, 1.165) is 5.56 Å². The summed E-state index contributed by atoms with van der Waals surface area (Å²) in [5, 5.41) is 14.8. The van der Waals surface area contributed by atoms with E-state index in [0.29, 0.717) is 38.6 Å². The van der Waals surface area contributed by atoms with Crippen molar-refractivity contribution in [3.63, 3.8) is 0 Å². The van der Waals surface area contributed by atoms with Crippen molar-refractivity contribution in [2.45, 2.75) is 69.1 Å². The molecule has 13 N–H and O–H groups in total. The molecule has 1 saturated heterocycles. The van der Waals surface area contributed by atoms with Crippen LogP contribution in [0.5, 0.6) is 0 Å². The number of rotatable bonds is 16. The fourth-order valence-electron chi connectivity index (χ4n) is 4.54. The lowest BCUT2D eigenvalue weighted by molar-refractivity contribution is -0.143. The highest BCUT2D eigenvalue weighted by Gasteiger charge is 2.37. The van der Waals surface area contributed by atoms with E-state index in [1.54, 1.807) is 0 Å². The van der Waals surface area contributed by atoms with E-state index in [9.17, 15) is 24.3 Å². The van der Waals surface area contributed by atoms with Crippen LogP contribution in [0.3, 0.4) is 0 Å². The molecule has 4 unspecified atom stereocenters. The van der Waals surface area contributed by atoms with E-state index in [1.807, 2.05) is 30.3 Å². The van der Waals surface area contributed by atoms with E-state index in [4.69, 9.17) is 28.7 Å². The molecule has 0 aromatic heterocycles. The zero-order valence-electron chi connectivity index (χ0n) is 23.1. The molecule has 15 nitrogen and oxygen atoms in total. The Balaban J connectivity index is 2.09. The summed E-state index contributed by atoms with van der Waals surface area (Å²) in [5.41, 5.74) is 28.4. The van der Waals surface area contributed by atoms with Gasteiger partial charge in [-0.2, -0.15) is 0 Å². The molecule has 1 aliphatic heterocycles. The van der Waals surface area contributed by atoms with Gasteiger partial charge in [-0.3, -0.25) is 24.4 Å². The van der Waals surface area contributed by atoms with Crippen LogP contribution < -0.4 is 39.3 Å². The minimum Gasteiger partial charge on any atom is -0.480 e. The lowest BCUT2D eigenvalue weighted by Crippen LogP contribution is -2.56. The van der Waals surface area contributed by atoms with Gasteiger partial charge in [-0.15, -0.1) is 0 Å². The number of guanidine groups is 2. The van der Waals surface area contributed by atoms with Gasteiger partial charge >= 0.3 is 5.97 Å². The van der Waals surface area contributed by atoms with Crippen molar-refractivity contribution in [1.82, 2.24) is 15.5 Å². The van der Waals surface area contributed by atoms with Crippen LogP contribution in [0.1, 0.15) is 44.1 Å². The van der Waals surface area contributed by atoms with Crippen molar-refractivity contribution in [3.8, 4) is 0 Å². The number of nitrogens with two attached hydrogens (primary N) is 5. The Hall–Kier alpha value is -4.40. The number of hydrogen-bond acceptors (Lipinski definition) is 7. The topological polar surface area (TPSA) is 271 Å². The molecular weight excluding hydrogens is 532 g/mol. The molecule has 0 radical (unpaired) electrons. The van der Waals surface area contributed by atoms with Crippen molar-refractivity contribution in [2.24, 2.45) is 38.7 Å². The number of nitrogens with one attached hydrogen (secondary N) is 2. The molecule has 1 aromatic carbocycles. The Morgan fingerprint density at radius 1 is 0.927 bits per heavy atom. The normalized spacial score (nSPS) is 16.6. The molecule has 0 spiro atoms. The summed E-state index contributed by atoms with van der Waals surface area (Å²) in [5.74, 6) is -3.04. The Morgan fingerprint density at radius 2 is 1.51 bits per heavy atom. The van der Waals surface area contributed by atoms with Crippen LogP contribution in [-0.2, 0) is 25.6 Å². The highest BCUT2D eigenvalue weighted by Crippen LogP contribution is 2.20. The average Bonchev–Trinajstić information content (AvgIpc) is 3.41. The van der Waals surface area contributed by atoms with Crippen molar-refractivity contribution < 1.29 is 24.3 Å². The quantitative estimate of drug-likeness (QED) is 0.0594. The summed E-state index contributed by atoms with van der Waals surface area (Å²) in [4.78, 5) is 60.6. The Bertz CT molecular complexity index is 1090. The molecule has 0 bridgehead atoms. The first-order valence-corrected chi connectivity index (χ1v) is 13.5. The predicted molar refractivity (Wildman–Crippen MR) is 154 cm³/mol. The lowest BCUT2D eigenvalue weighted by Gasteiger charge is -2.28. The third-order valence-corrected chi connectivity index (χ3v) is 6.59. The minimum absolute atomic E-state index is 0.0662. The van der Waals surface area contributed by atoms with Crippen LogP contribution in [0.25, 0.3) is 0 Å². The van der Waals surface area contributed by atoms with E-state index < -0.39 is 42.0 Å². The Morgan fingerprint density at radius 3 is 2.07 bits per heavy atom. The summed E-state index contributed by atoms with van der Waals surface area (Å²) < 4.78 is 0. The smallest absolute Gasteiger partial charge is 0.326 e. The number of aliphatic carboxylic acids is 1. The number of carbonyl (C=O) groups is 4. The molecule has 1 heterocycles. The molecule has 0 saturated carbocycles. The largest absolute Gasteiger partial charge is 0.480 e. The molecular formula is C26H42N10O5. The minimum atomic E-state index is -1.24. The number of aliphatic imine (C=N–C) groups is 2. The van der Waals surface area contributed by atoms with Gasteiger partial charge in [0.25, 0.3) is 0 Å². The van der Waals surface area contributed by atoms with Gasteiger partial charge in [-0.05, 0) is 50.5 Å². The van der Waals surface area contributed by atoms with Crippen molar-refractivity contribution in [2.75, 3.05) is 19.6 Å². The zero-order chi connectivity index (χ0) is 30.4. The number of carboxylic acids is 1. The molecule has 1 aromatic rings. The second-order valence-corrected chi connectivity index (χ2v) is 9.84. The summed E-state index contributed by atoms with van der Waals surface area (Å²) in [7, 11) is 0. The van der Waals surface area contributed by atoms with Gasteiger partial charge in [0.1, 0.15) is 18.1 Å². The second-order valence-electron chi connectivity index (χ2n) is 9.84. The van der Waals surface area contributed by atoms with Gasteiger partial charge in [-0.1, -0.05) is 30.3 Å². The van der Waals surface area contributed by atoms with Crippen molar-refractivity contribution in [1.29, 1.82) is 0 Å².